The zero-order valence-corrected chi connectivity index (χ0v) is 18.8. The second kappa shape index (κ2) is 10.3. The Morgan fingerprint density at radius 3 is 2.65 bits per heavy atom. The number of carbonyl (C=O) groups excluding carboxylic acids is 2. The van der Waals surface area contributed by atoms with E-state index in [4.69, 9.17) is 9.47 Å². The highest BCUT2D eigenvalue weighted by Crippen LogP contribution is 2.43. The molecular formula is C24H26N2O4S. The largest absolute Gasteiger partial charge is 0.494 e. The van der Waals surface area contributed by atoms with Crippen LogP contribution in [0.3, 0.4) is 0 Å². The van der Waals surface area contributed by atoms with Crippen molar-refractivity contribution in [3.05, 3.63) is 51.4 Å². The first-order valence-corrected chi connectivity index (χ1v) is 11.3. The van der Waals surface area contributed by atoms with E-state index >= 15 is 0 Å². The number of hydrogen-bond donors (Lipinski definition) is 1. The minimum Gasteiger partial charge on any atom is -0.494 e. The molecule has 0 saturated carbocycles. The zero-order chi connectivity index (χ0) is 22.4. The van der Waals surface area contributed by atoms with Crippen molar-refractivity contribution in [2.75, 3.05) is 18.5 Å². The molecule has 1 unspecified atom stereocenters. The van der Waals surface area contributed by atoms with Crippen molar-refractivity contribution in [2.24, 2.45) is 0 Å². The van der Waals surface area contributed by atoms with Crippen molar-refractivity contribution in [3.63, 3.8) is 0 Å². The van der Waals surface area contributed by atoms with Crippen molar-refractivity contribution in [1.82, 2.24) is 0 Å². The second-order valence-electron chi connectivity index (χ2n) is 7.28. The van der Waals surface area contributed by atoms with Gasteiger partial charge in [0.2, 0.25) is 0 Å². The van der Waals surface area contributed by atoms with Crippen LogP contribution in [0.4, 0.5) is 5.00 Å². The van der Waals surface area contributed by atoms with Gasteiger partial charge in [-0.1, -0.05) is 19.1 Å². The van der Waals surface area contributed by atoms with Gasteiger partial charge in [-0.05, 0) is 68.4 Å². The first-order valence-electron chi connectivity index (χ1n) is 10.5. The summed E-state index contributed by atoms with van der Waals surface area (Å²) in [5, 5.41) is 12.8. The van der Waals surface area contributed by atoms with Crippen molar-refractivity contribution in [3.8, 4) is 11.8 Å². The van der Waals surface area contributed by atoms with E-state index < -0.39 is 11.9 Å². The molecule has 31 heavy (non-hydrogen) atoms. The number of rotatable bonds is 7. The molecule has 1 amide bonds. The molecule has 1 aliphatic carbocycles. The van der Waals surface area contributed by atoms with Crippen LogP contribution >= 0.6 is 11.3 Å². The van der Waals surface area contributed by atoms with E-state index in [1.165, 1.54) is 17.4 Å². The van der Waals surface area contributed by atoms with Gasteiger partial charge in [0.1, 0.15) is 22.4 Å². The van der Waals surface area contributed by atoms with Gasteiger partial charge in [-0.15, -0.1) is 11.3 Å². The first kappa shape index (κ1) is 22.6. The summed E-state index contributed by atoms with van der Waals surface area (Å²) in [6.07, 6.45) is 4.43. The molecular weight excluding hydrogens is 412 g/mol. The molecule has 0 aliphatic heterocycles. The SMILES string of the molecule is CCOC(=O)c1c(NC(=O)/C(C#N)=C/c2ccc(OCC)cc2)sc2c1C(C)CCC2. The van der Waals surface area contributed by atoms with Crippen LogP contribution in [0.25, 0.3) is 6.08 Å². The number of aryl methyl sites for hydroxylation is 1. The Kier molecular flexibility index (Phi) is 7.48. The van der Waals surface area contributed by atoms with Gasteiger partial charge in [-0.25, -0.2) is 4.79 Å². The molecule has 6 nitrogen and oxygen atoms in total. The van der Waals surface area contributed by atoms with Gasteiger partial charge in [0.25, 0.3) is 5.91 Å². The number of carbonyl (C=O) groups is 2. The summed E-state index contributed by atoms with van der Waals surface area (Å²) >= 11 is 1.40. The van der Waals surface area contributed by atoms with Gasteiger partial charge in [-0.2, -0.15) is 5.26 Å². The maximum Gasteiger partial charge on any atom is 0.341 e. The number of ether oxygens (including phenoxy) is 2. The lowest BCUT2D eigenvalue weighted by Gasteiger charge is -2.19. The van der Waals surface area contributed by atoms with Crippen LogP contribution in [0.1, 0.15) is 65.9 Å². The summed E-state index contributed by atoms with van der Waals surface area (Å²) in [5.74, 6) is -0.0360. The first-order chi connectivity index (χ1) is 15.0. The Morgan fingerprint density at radius 1 is 1.26 bits per heavy atom. The van der Waals surface area contributed by atoms with E-state index in [0.717, 1.165) is 35.5 Å². The van der Waals surface area contributed by atoms with Crippen LogP contribution in [0.2, 0.25) is 0 Å². The maximum atomic E-state index is 12.9. The lowest BCUT2D eigenvalue weighted by Crippen LogP contribution is -2.17. The highest BCUT2D eigenvalue weighted by atomic mass is 32.1. The fraction of sp³-hybridized carbons (Fsp3) is 0.375. The average Bonchev–Trinajstić information content (AvgIpc) is 3.12. The predicted octanol–water partition coefficient (Wildman–Crippen LogP) is 5.31. The molecule has 162 valence electrons. The summed E-state index contributed by atoms with van der Waals surface area (Å²) in [4.78, 5) is 26.7. The summed E-state index contributed by atoms with van der Waals surface area (Å²) < 4.78 is 10.7. The van der Waals surface area contributed by atoms with E-state index in [-0.39, 0.29) is 18.1 Å². The van der Waals surface area contributed by atoms with E-state index in [1.807, 2.05) is 13.0 Å². The minimum absolute atomic E-state index is 0.0432. The molecule has 1 aromatic heterocycles. The molecule has 0 radical (unpaired) electrons. The van der Waals surface area contributed by atoms with Gasteiger partial charge >= 0.3 is 5.97 Å². The van der Waals surface area contributed by atoms with Gasteiger partial charge in [0.15, 0.2) is 0 Å². The van der Waals surface area contributed by atoms with Gasteiger partial charge < -0.3 is 14.8 Å². The van der Waals surface area contributed by atoms with Crippen LogP contribution in [0, 0.1) is 11.3 Å². The molecule has 0 bridgehead atoms. The molecule has 7 heteroatoms. The number of fused-ring (bicyclic) bond motifs is 1. The molecule has 1 heterocycles. The highest BCUT2D eigenvalue weighted by Gasteiger charge is 2.31. The smallest absolute Gasteiger partial charge is 0.341 e. The van der Waals surface area contributed by atoms with Crippen molar-refractivity contribution < 1.29 is 19.1 Å². The number of nitrogens with zero attached hydrogens (tertiary/aromatic N) is 1. The van der Waals surface area contributed by atoms with Crippen LogP contribution in [0.5, 0.6) is 5.75 Å². The zero-order valence-electron chi connectivity index (χ0n) is 18.0. The Hall–Kier alpha value is -3.11. The number of esters is 1. The number of thiophene rings is 1. The third-order valence-electron chi connectivity index (χ3n) is 5.13. The van der Waals surface area contributed by atoms with Gasteiger partial charge in [0, 0.05) is 4.88 Å². The predicted molar refractivity (Wildman–Crippen MR) is 121 cm³/mol. The molecule has 0 fully saturated rings. The monoisotopic (exact) mass is 438 g/mol. The number of amides is 1. The van der Waals surface area contributed by atoms with E-state index in [0.29, 0.717) is 22.7 Å². The maximum absolute atomic E-state index is 12.9. The molecule has 0 spiro atoms. The molecule has 3 rings (SSSR count). The Balaban J connectivity index is 1.89. The fourth-order valence-corrected chi connectivity index (χ4v) is 5.06. The summed E-state index contributed by atoms with van der Waals surface area (Å²) in [5.41, 5.74) is 2.07. The molecule has 0 saturated heterocycles. The normalized spacial score (nSPS) is 15.5. The van der Waals surface area contributed by atoms with E-state index in [1.54, 1.807) is 31.2 Å². The third-order valence-corrected chi connectivity index (χ3v) is 6.31. The van der Waals surface area contributed by atoms with E-state index in [2.05, 4.69) is 12.2 Å². The Bertz CT molecular complexity index is 1030. The van der Waals surface area contributed by atoms with Crippen molar-refractivity contribution in [2.45, 2.75) is 46.0 Å². The number of anilines is 1. The molecule has 1 aromatic carbocycles. The summed E-state index contributed by atoms with van der Waals surface area (Å²) in [7, 11) is 0. The summed E-state index contributed by atoms with van der Waals surface area (Å²) in [6, 6.07) is 9.10. The van der Waals surface area contributed by atoms with Crippen LogP contribution in [0.15, 0.2) is 29.8 Å². The average molecular weight is 439 g/mol. The number of benzene rings is 1. The van der Waals surface area contributed by atoms with Crippen molar-refractivity contribution in [1.29, 1.82) is 5.26 Å². The van der Waals surface area contributed by atoms with Crippen molar-refractivity contribution >= 4 is 34.3 Å². The molecule has 1 atom stereocenters. The Labute approximate surface area is 186 Å². The molecule has 2 aromatic rings. The minimum atomic E-state index is -0.548. The van der Waals surface area contributed by atoms with Crippen LogP contribution < -0.4 is 10.1 Å². The Morgan fingerprint density at radius 2 is 2.00 bits per heavy atom. The van der Waals surface area contributed by atoms with Crippen LogP contribution in [-0.4, -0.2) is 25.1 Å². The van der Waals surface area contributed by atoms with E-state index in [9.17, 15) is 14.9 Å². The number of hydrogen-bond acceptors (Lipinski definition) is 6. The third kappa shape index (κ3) is 5.15. The lowest BCUT2D eigenvalue weighted by atomic mass is 9.86. The summed E-state index contributed by atoms with van der Waals surface area (Å²) in [6.45, 7) is 6.57. The topological polar surface area (TPSA) is 88.4 Å². The fourth-order valence-electron chi connectivity index (χ4n) is 3.72. The molecule has 1 aliphatic rings. The number of nitrogens with one attached hydrogen (secondary N) is 1. The quantitative estimate of drug-likeness (QED) is 0.360. The van der Waals surface area contributed by atoms with Crippen LogP contribution in [-0.2, 0) is 16.0 Å². The standard InChI is InChI=1S/C24H26N2O4S/c1-4-29-18-11-9-16(10-12-18)13-17(14-25)22(27)26-23-21(24(28)30-5-2)20-15(3)7-6-8-19(20)31-23/h9-13,15H,4-8H2,1-3H3,(H,26,27)/b17-13+. The highest BCUT2D eigenvalue weighted by molar-refractivity contribution is 7.17. The van der Waals surface area contributed by atoms with Gasteiger partial charge in [-0.3, -0.25) is 4.79 Å². The lowest BCUT2D eigenvalue weighted by molar-refractivity contribution is -0.112. The van der Waals surface area contributed by atoms with Gasteiger partial charge in [0.05, 0.1) is 18.8 Å². The second-order valence-corrected chi connectivity index (χ2v) is 8.39. The number of nitriles is 1. The molecule has 1 N–H and O–H groups in total.